The predicted octanol–water partition coefficient (Wildman–Crippen LogP) is 6.81. The summed E-state index contributed by atoms with van der Waals surface area (Å²) in [4.78, 5) is 0. The Bertz CT molecular complexity index is 802. The van der Waals surface area contributed by atoms with Crippen LogP contribution in [0.4, 0.5) is 0 Å². The molecule has 0 saturated carbocycles. The van der Waals surface area contributed by atoms with Crippen molar-refractivity contribution in [2.45, 2.75) is 69.2 Å². The van der Waals surface area contributed by atoms with E-state index in [1.807, 2.05) is 0 Å². The van der Waals surface area contributed by atoms with Crippen LogP contribution in [-0.2, 0) is 0 Å². The van der Waals surface area contributed by atoms with Gasteiger partial charge in [-0.2, -0.15) is 0 Å². The predicted molar refractivity (Wildman–Crippen MR) is 101 cm³/mol. The first-order chi connectivity index (χ1) is 10.1. The lowest BCUT2D eigenvalue weighted by Crippen LogP contribution is -2.03. The minimum Gasteiger partial charge on any atom is -0.0729 e. The van der Waals surface area contributed by atoms with E-state index in [1.54, 1.807) is 0 Å². The summed E-state index contributed by atoms with van der Waals surface area (Å²) in [5, 5.41) is 2.94. The zero-order chi connectivity index (χ0) is 16.9. The van der Waals surface area contributed by atoms with Crippen molar-refractivity contribution in [3.8, 4) is 0 Å². The van der Waals surface area contributed by atoms with E-state index >= 15 is 0 Å². The molecule has 0 radical (unpaired) electrons. The number of fused-ring (bicyclic) bond motifs is 1. The quantitative estimate of drug-likeness (QED) is 0.542. The fraction of sp³-hybridized carbons (Fsp3) is 0.455. The van der Waals surface area contributed by atoms with Gasteiger partial charge in [-0.25, -0.2) is 0 Å². The van der Waals surface area contributed by atoms with Crippen LogP contribution in [-0.4, -0.2) is 0 Å². The van der Waals surface area contributed by atoms with Crippen molar-refractivity contribution in [3.05, 3.63) is 50.1 Å². The first kappa shape index (κ1) is 16.8. The molecule has 0 atom stereocenters. The maximum absolute atomic E-state index is 2.29. The van der Waals surface area contributed by atoms with Crippen molar-refractivity contribution in [1.29, 1.82) is 0 Å². The summed E-state index contributed by atoms with van der Waals surface area (Å²) in [5.74, 6) is 0. The average molecular weight is 294 g/mol. The Labute approximate surface area is 136 Å². The highest BCUT2D eigenvalue weighted by molar-refractivity contribution is 6.03. The van der Waals surface area contributed by atoms with Crippen LogP contribution in [0.1, 0.15) is 65.3 Å². The second-order valence-electron chi connectivity index (χ2n) is 7.12. The fourth-order valence-corrected chi connectivity index (χ4v) is 3.66. The first-order valence-corrected chi connectivity index (χ1v) is 8.25. The zero-order valence-electron chi connectivity index (χ0n) is 16.0. The summed E-state index contributed by atoms with van der Waals surface area (Å²) in [6.45, 7) is 22.7. The van der Waals surface area contributed by atoms with Crippen LogP contribution in [0, 0.1) is 48.5 Å². The molecule has 0 saturated heterocycles. The second kappa shape index (κ2) is 5.57. The lowest BCUT2D eigenvalue weighted by atomic mass is 9.81. The molecule has 0 bridgehead atoms. The second-order valence-corrected chi connectivity index (χ2v) is 7.12. The zero-order valence-corrected chi connectivity index (χ0v) is 16.0. The maximum atomic E-state index is 2.29. The highest BCUT2D eigenvalue weighted by Gasteiger charge is 2.19. The van der Waals surface area contributed by atoms with Gasteiger partial charge in [-0.1, -0.05) is 5.57 Å². The molecule has 22 heavy (non-hydrogen) atoms. The lowest BCUT2D eigenvalue weighted by molar-refractivity contribution is 1.21. The van der Waals surface area contributed by atoms with E-state index in [4.69, 9.17) is 0 Å². The number of benzene rings is 2. The molecule has 0 heteroatoms. The van der Waals surface area contributed by atoms with Gasteiger partial charge in [0.2, 0.25) is 0 Å². The summed E-state index contributed by atoms with van der Waals surface area (Å²) in [6, 6.07) is 0. The Morgan fingerprint density at radius 3 is 1.23 bits per heavy atom. The van der Waals surface area contributed by atoms with Gasteiger partial charge in [-0.05, 0) is 130 Å². The summed E-state index contributed by atoms with van der Waals surface area (Å²) in [6.07, 6.45) is 0. The van der Waals surface area contributed by atoms with E-state index in [-0.39, 0.29) is 0 Å². The molecule has 0 heterocycles. The van der Waals surface area contributed by atoms with Gasteiger partial charge < -0.3 is 0 Å². The van der Waals surface area contributed by atoms with E-state index in [9.17, 15) is 0 Å². The monoisotopic (exact) mass is 294 g/mol. The average Bonchev–Trinajstić information content (AvgIpc) is 2.47. The maximum Gasteiger partial charge on any atom is -0.00685 e. The molecule has 0 amide bonds. The van der Waals surface area contributed by atoms with Crippen molar-refractivity contribution in [3.63, 3.8) is 0 Å². The molecule has 2 aromatic rings. The van der Waals surface area contributed by atoms with Crippen LogP contribution >= 0.6 is 0 Å². The number of aryl methyl sites for hydroxylation is 3. The Balaban J connectivity index is 3.27. The number of rotatable bonds is 1. The molecule has 2 rings (SSSR count). The third-order valence-corrected chi connectivity index (χ3v) is 5.94. The van der Waals surface area contributed by atoms with Gasteiger partial charge in [-0.15, -0.1) is 0 Å². The largest absolute Gasteiger partial charge is 0.0729 e. The molecule has 0 N–H and O–H groups in total. The smallest absolute Gasteiger partial charge is 0.00685 e. The Hall–Kier alpha value is -1.56. The number of hydrogen-bond acceptors (Lipinski definition) is 0. The minimum atomic E-state index is 1.41. The highest BCUT2D eigenvalue weighted by Crippen LogP contribution is 2.40. The summed E-state index contributed by atoms with van der Waals surface area (Å²) in [7, 11) is 0. The van der Waals surface area contributed by atoms with E-state index in [2.05, 4.69) is 69.2 Å². The normalized spacial score (nSPS) is 11.2. The molecule has 0 aliphatic rings. The molecule has 0 nitrogen and oxygen atoms in total. The molecule has 118 valence electrons. The van der Waals surface area contributed by atoms with Crippen LogP contribution in [0.25, 0.3) is 16.3 Å². The van der Waals surface area contributed by atoms with Gasteiger partial charge in [-0.3, -0.25) is 0 Å². The SMILES string of the molecule is CC(C)=C(C)c1c(C)c(C)c(C)c2c(C)c(C)c(C)c(C)c12. The molecule has 0 spiro atoms. The summed E-state index contributed by atoms with van der Waals surface area (Å²) < 4.78 is 0. The standard InChI is InChI=1S/C22H30/c1-11(2)12(3)20-17(8)15(6)18(9)21-16(7)13(4)14(5)19(10)22(20)21/h1-10H3. The fourth-order valence-electron chi connectivity index (χ4n) is 3.66. The van der Waals surface area contributed by atoms with Gasteiger partial charge in [0.15, 0.2) is 0 Å². The van der Waals surface area contributed by atoms with Crippen molar-refractivity contribution in [2.24, 2.45) is 0 Å². The van der Waals surface area contributed by atoms with Crippen LogP contribution in [0.5, 0.6) is 0 Å². The molecule has 0 fully saturated rings. The van der Waals surface area contributed by atoms with E-state index in [1.165, 1.54) is 66.4 Å². The molecule has 0 aliphatic heterocycles. The minimum absolute atomic E-state index is 1.41. The lowest BCUT2D eigenvalue weighted by Gasteiger charge is -2.24. The topological polar surface area (TPSA) is 0 Å². The van der Waals surface area contributed by atoms with Crippen molar-refractivity contribution in [1.82, 2.24) is 0 Å². The van der Waals surface area contributed by atoms with Gasteiger partial charge >= 0.3 is 0 Å². The van der Waals surface area contributed by atoms with Crippen LogP contribution < -0.4 is 0 Å². The van der Waals surface area contributed by atoms with Gasteiger partial charge in [0.1, 0.15) is 0 Å². The molecular formula is C22H30. The van der Waals surface area contributed by atoms with Crippen LogP contribution in [0.2, 0.25) is 0 Å². The van der Waals surface area contributed by atoms with Crippen molar-refractivity contribution in [2.75, 3.05) is 0 Å². The van der Waals surface area contributed by atoms with Gasteiger partial charge in [0, 0.05) is 0 Å². The third kappa shape index (κ3) is 2.20. The molecule has 0 aromatic heterocycles. The highest BCUT2D eigenvalue weighted by atomic mass is 14.2. The Morgan fingerprint density at radius 2 is 0.818 bits per heavy atom. The van der Waals surface area contributed by atoms with Crippen LogP contribution in [0.15, 0.2) is 5.57 Å². The molecular weight excluding hydrogens is 264 g/mol. The number of allylic oxidation sites excluding steroid dienone is 2. The Morgan fingerprint density at radius 1 is 0.455 bits per heavy atom. The van der Waals surface area contributed by atoms with E-state index < -0.39 is 0 Å². The van der Waals surface area contributed by atoms with E-state index in [0.29, 0.717) is 0 Å². The summed E-state index contributed by atoms with van der Waals surface area (Å²) in [5.41, 5.74) is 14.4. The molecule has 0 aliphatic carbocycles. The van der Waals surface area contributed by atoms with Crippen molar-refractivity contribution >= 4 is 16.3 Å². The third-order valence-electron chi connectivity index (χ3n) is 5.94. The van der Waals surface area contributed by atoms with Gasteiger partial charge in [0.25, 0.3) is 0 Å². The molecule has 0 unspecified atom stereocenters. The Kier molecular flexibility index (Phi) is 4.26. The molecule has 2 aromatic carbocycles. The summed E-state index contributed by atoms with van der Waals surface area (Å²) >= 11 is 0. The number of hydrogen-bond donors (Lipinski definition) is 0. The van der Waals surface area contributed by atoms with Crippen LogP contribution in [0.3, 0.4) is 0 Å². The van der Waals surface area contributed by atoms with E-state index in [0.717, 1.165) is 0 Å². The van der Waals surface area contributed by atoms with Crippen molar-refractivity contribution < 1.29 is 0 Å². The van der Waals surface area contributed by atoms with Gasteiger partial charge in [0.05, 0.1) is 0 Å². The first-order valence-electron chi connectivity index (χ1n) is 8.25.